The van der Waals surface area contributed by atoms with Crippen LogP contribution in [0.25, 0.3) is 0 Å². The number of aromatic amines is 1. The number of nitrogens with zero attached hydrogens (tertiary/aromatic N) is 2. The van der Waals surface area contributed by atoms with E-state index in [-0.39, 0.29) is 17.8 Å². The Kier molecular flexibility index (Phi) is 5.31. The van der Waals surface area contributed by atoms with E-state index < -0.39 is 17.7 Å². The van der Waals surface area contributed by atoms with Crippen LogP contribution < -0.4 is 10.9 Å². The third-order valence-corrected chi connectivity index (χ3v) is 5.19. The highest BCUT2D eigenvalue weighted by molar-refractivity contribution is 5.89. The largest absolute Gasteiger partial charge is 0.322 e. The van der Waals surface area contributed by atoms with Crippen LogP contribution >= 0.6 is 0 Å². The Balaban J connectivity index is 1.50. The fourth-order valence-corrected chi connectivity index (χ4v) is 3.50. The molecule has 1 aromatic heterocycles. The lowest BCUT2D eigenvalue weighted by molar-refractivity contribution is 0.205. The van der Waals surface area contributed by atoms with Crippen LogP contribution in [0.2, 0.25) is 0 Å². The van der Waals surface area contributed by atoms with E-state index in [2.05, 4.69) is 15.3 Å². The average Bonchev–Trinajstić information content (AvgIpc) is 2.72. The van der Waals surface area contributed by atoms with Crippen molar-refractivity contribution in [1.29, 1.82) is 0 Å². The van der Waals surface area contributed by atoms with Crippen molar-refractivity contribution >= 4 is 11.7 Å². The Hall–Kier alpha value is -3.55. The second-order valence-corrected chi connectivity index (χ2v) is 7.27. The third kappa shape index (κ3) is 4.07. The van der Waals surface area contributed by atoms with E-state index >= 15 is 0 Å². The third-order valence-electron chi connectivity index (χ3n) is 5.19. The number of carbonyl (C=O) groups excluding carboxylic acids is 1. The number of nitrogens with one attached hydrogen (secondary N) is 2. The molecule has 0 radical (unpaired) electrons. The monoisotopic (exact) mass is 410 g/mol. The van der Waals surface area contributed by atoms with Gasteiger partial charge in [-0.3, -0.25) is 4.79 Å². The molecule has 2 aromatic carbocycles. The molecular formula is C22H20F2N4O2. The molecule has 2 heterocycles. The summed E-state index contributed by atoms with van der Waals surface area (Å²) in [6.45, 7) is 2.47. The van der Waals surface area contributed by atoms with Gasteiger partial charge in [0.1, 0.15) is 5.82 Å². The normalized spacial score (nSPS) is 13.1. The van der Waals surface area contributed by atoms with Gasteiger partial charge in [0, 0.05) is 31.1 Å². The van der Waals surface area contributed by atoms with E-state index in [0.717, 1.165) is 23.3 Å². The van der Waals surface area contributed by atoms with Crippen LogP contribution in [0.5, 0.6) is 0 Å². The van der Waals surface area contributed by atoms with Crippen LogP contribution in [0.4, 0.5) is 19.3 Å². The first kappa shape index (κ1) is 19.8. The molecule has 0 atom stereocenters. The Morgan fingerprint density at radius 3 is 2.77 bits per heavy atom. The van der Waals surface area contributed by atoms with E-state index in [1.54, 1.807) is 0 Å². The van der Waals surface area contributed by atoms with Gasteiger partial charge >= 0.3 is 6.03 Å². The van der Waals surface area contributed by atoms with Gasteiger partial charge in [0.25, 0.3) is 5.56 Å². The van der Waals surface area contributed by atoms with E-state index in [9.17, 15) is 18.4 Å². The van der Waals surface area contributed by atoms with Gasteiger partial charge in [-0.25, -0.2) is 18.6 Å². The van der Waals surface area contributed by atoms with E-state index in [4.69, 9.17) is 0 Å². The van der Waals surface area contributed by atoms with Crippen LogP contribution in [0.3, 0.4) is 0 Å². The van der Waals surface area contributed by atoms with E-state index in [1.165, 1.54) is 11.0 Å². The second kappa shape index (κ2) is 8.06. The zero-order valence-corrected chi connectivity index (χ0v) is 16.3. The molecule has 1 aliphatic heterocycles. The van der Waals surface area contributed by atoms with E-state index in [1.807, 2.05) is 31.2 Å². The molecule has 0 aliphatic carbocycles. The second-order valence-electron chi connectivity index (χ2n) is 7.27. The first-order valence-corrected chi connectivity index (χ1v) is 9.57. The highest BCUT2D eigenvalue weighted by Crippen LogP contribution is 2.18. The number of urea groups is 1. The molecule has 154 valence electrons. The molecule has 30 heavy (non-hydrogen) atoms. The molecule has 4 rings (SSSR count). The summed E-state index contributed by atoms with van der Waals surface area (Å²) in [5.74, 6) is -1.44. The summed E-state index contributed by atoms with van der Waals surface area (Å²) < 4.78 is 26.4. The number of hydrogen-bond donors (Lipinski definition) is 2. The summed E-state index contributed by atoms with van der Waals surface area (Å²) in [7, 11) is 0. The summed E-state index contributed by atoms with van der Waals surface area (Å²) >= 11 is 0. The Morgan fingerprint density at radius 2 is 2.00 bits per heavy atom. The molecular weight excluding hydrogens is 390 g/mol. The number of hydrogen-bond acceptors (Lipinski definition) is 3. The van der Waals surface area contributed by atoms with Crippen molar-refractivity contribution in [1.82, 2.24) is 14.9 Å². The minimum absolute atomic E-state index is 0.0951. The van der Waals surface area contributed by atoms with E-state index in [0.29, 0.717) is 36.5 Å². The topological polar surface area (TPSA) is 78.1 Å². The number of rotatable bonds is 3. The molecule has 1 aliphatic rings. The lowest BCUT2D eigenvalue weighted by Crippen LogP contribution is -2.42. The number of amides is 2. The van der Waals surface area contributed by atoms with Crippen LogP contribution in [0.15, 0.2) is 47.3 Å². The zero-order chi connectivity index (χ0) is 21.3. The molecule has 0 saturated heterocycles. The highest BCUT2D eigenvalue weighted by atomic mass is 19.2. The van der Waals surface area contributed by atoms with Gasteiger partial charge < -0.3 is 15.2 Å². The fourth-order valence-electron chi connectivity index (χ4n) is 3.50. The van der Waals surface area contributed by atoms with Gasteiger partial charge in [-0.05, 0) is 30.2 Å². The quantitative estimate of drug-likeness (QED) is 0.693. The van der Waals surface area contributed by atoms with Crippen molar-refractivity contribution < 1.29 is 13.6 Å². The molecule has 0 unspecified atom stereocenters. The average molecular weight is 410 g/mol. The lowest BCUT2D eigenvalue weighted by Gasteiger charge is -2.28. The number of halogens is 2. The van der Waals surface area contributed by atoms with Crippen LogP contribution in [0, 0.1) is 18.6 Å². The molecule has 6 nitrogen and oxygen atoms in total. The summed E-state index contributed by atoms with van der Waals surface area (Å²) in [4.78, 5) is 34.0. The van der Waals surface area contributed by atoms with Crippen molar-refractivity contribution in [3.05, 3.63) is 92.7 Å². The Bertz CT molecular complexity index is 1180. The zero-order valence-electron chi connectivity index (χ0n) is 16.3. The predicted octanol–water partition coefficient (Wildman–Crippen LogP) is 3.54. The van der Waals surface area contributed by atoms with Crippen molar-refractivity contribution in [3.8, 4) is 0 Å². The molecule has 8 heteroatoms. The maximum atomic E-state index is 13.3. The maximum Gasteiger partial charge on any atom is 0.322 e. The molecule has 2 N–H and O–H groups in total. The number of fused-ring (bicyclic) bond motifs is 1. The SMILES string of the molecule is Cc1ccccc1Cc1nc2c(c(=O)[nH]1)CN(C(=O)Nc1ccc(F)c(F)c1)CC2. The van der Waals surface area contributed by atoms with Gasteiger partial charge in [0.15, 0.2) is 11.6 Å². The molecule has 0 fully saturated rings. The summed E-state index contributed by atoms with van der Waals surface area (Å²) in [5.41, 5.74) is 3.20. The number of aryl methyl sites for hydroxylation is 1. The van der Waals surface area contributed by atoms with Gasteiger partial charge in [-0.1, -0.05) is 24.3 Å². The number of benzene rings is 2. The van der Waals surface area contributed by atoms with Crippen molar-refractivity contribution in [3.63, 3.8) is 0 Å². The Morgan fingerprint density at radius 1 is 1.20 bits per heavy atom. The minimum Gasteiger partial charge on any atom is -0.320 e. The van der Waals surface area contributed by atoms with Crippen LogP contribution in [-0.4, -0.2) is 27.4 Å². The molecule has 0 bridgehead atoms. The number of aromatic nitrogens is 2. The van der Waals surface area contributed by atoms with Crippen molar-refractivity contribution in [2.45, 2.75) is 26.3 Å². The van der Waals surface area contributed by atoms with Gasteiger partial charge in [-0.15, -0.1) is 0 Å². The van der Waals surface area contributed by atoms with Crippen LogP contribution in [0.1, 0.15) is 28.2 Å². The highest BCUT2D eigenvalue weighted by Gasteiger charge is 2.25. The van der Waals surface area contributed by atoms with Crippen molar-refractivity contribution in [2.24, 2.45) is 0 Å². The van der Waals surface area contributed by atoms with Gasteiger partial charge in [0.05, 0.1) is 17.8 Å². The fraction of sp³-hybridized carbons (Fsp3) is 0.227. The van der Waals surface area contributed by atoms with Gasteiger partial charge in [0.2, 0.25) is 0 Å². The number of H-pyrrole nitrogens is 1. The summed E-state index contributed by atoms with van der Waals surface area (Å²) in [5, 5.41) is 2.53. The predicted molar refractivity (Wildman–Crippen MR) is 108 cm³/mol. The first-order chi connectivity index (χ1) is 14.4. The summed E-state index contributed by atoms with van der Waals surface area (Å²) in [6.07, 6.45) is 0.959. The van der Waals surface area contributed by atoms with Crippen molar-refractivity contribution in [2.75, 3.05) is 11.9 Å². The van der Waals surface area contributed by atoms with Gasteiger partial charge in [-0.2, -0.15) is 0 Å². The summed E-state index contributed by atoms with van der Waals surface area (Å²) in [6, 6.07) is 10.6. The molecule has 3 aromatic rings. The lowest BCUT2D eigenvalue weighted by atomic mass is 10.0. The first-order valence-electron chi connectivity index (χ1n) is 9.57. The molecule has 0 saturated carbocycles. The number of anilines is 1. The minimum atomic E-state index is -1.04. The Labute approximate surface area is 171 Å². The standard InChI is InChI=1S/C22H20F2N4O2/c1-13-4-2-3-5-14(13)10-20-26-19-8-9-28(12-16(19)21(29)27-20)22(30)25-15-6-7-17(23)18(24)11-15/h2-7,11H,8-10,12H2,1H3,(H,25,30)(H,26,27,29). The maximum absolute atomic E-state index is 13.3. The number of carbonyl (C=O) groups is 1. The smallest absolute Gasteiger partial charge is 0.320 e. The molecule has 2 amide bonds. The van der Waals surface area contributed by atoms with Crippen LogP contribution in [-0.2, 0) is 19.4 Å². The molecule has 0 spiro atoms.